The molecule has 0 aliphatic heterocycles. The highest BCUT2D eigenvalue weighted by atomic mass is 16.5. The molecule has 0 radical (unpaired) electrons. The number of hydrogen-bond acceptors (Lipinski definition) is 7. The van der Waals surface area contributed by atoms with Crippen LogP contribution < -0.4 is 0 Å². The second-order valence-electron chi connectivity index (χ2n) is 11.1. The number of ketones is 1. The Kier molecular flexibility index (Phi) is 14.8. The molecule has 0 aliphatic rings. The van der Waals surface area contributed by atoms with Crippen LogP contribution in [0.3, 0.4) is 0 Å². The summed E-state index contributed by atoms with van der Waals surface area (Å²) in [5.74, 6) is -2.59. The number of carbonyl (C=O) groups is 5. The molecule has 236 valence electrons. The molecule has 10 heteroatoms. The maximum atomic E-state index is 12.4. The van der Waals surface area contributed by atoms with Gasteiger partial charge in [0.2, 0.25) is 0 Å². The Hall–Kier alpha value is -4.05. The standard InChI is InChI=1S/C17H25NO4.C16H21NO4/c1-6-7-18(4)16(20)13-8-12(15(19)11(2)3)9-14(10-13)17(21)22-5;1-5-6-17(4)15(19)12-7-11(14(18)10(2)3)8-13(9-12)16(20)21/h8-11,15,19H,6-7H2,1-5H3;7-10H,5-6H2,1-4H3,(H,20,21). The average Bonchev–Trinajstić information content (AvgIpc) is 2.98. The fourth-order valence-electron chi connectivity index (χ4n) is 4.23. The van der Waals surface area contributed by atoms with Gasteiger partial charge in [0.15, 0.2) is 5.78 Å². The molecule has 0 bridgehead atoms. The van der Waals surface area contributed by atoms with E-state index in [1.54, 1.807) is 45.0 Å². The number of aromatic carboxylic acids is 1. The minimum absolute atomic E-state index is 0.0239. The van der Waals surface area contributed by atoms with Crippen molar-refractivity contribution in [2.75, 3.05) is 34.3 Å². The number of rotatable bonds is 12. The Bertz CT molecular complexity index is 1300. The van der Waals surface area contributed by atoms with E-state index >= 15 is 0 Å². The predicted molar refractivity (Wildman–Crippen MR) is 165 cm³/mol. The molecule has 1 unspecified atom stereocenters. The fourth-order valence-corrected chi connectivity index (χ4v) is 4.23. The Morgan fingerprint density at radius 1 is 0.721 bits per heavy atom. The van der Waals surface area contributed by atoms with Crippen molar-refractivity contribution in [2.24, 2.45) is 11.8 Å². The van der Waals surface area contributed by atoms with Crippen LogP contribution in [0.25, 0.3) is 0 Å². The van der Waals surface area contributed by atoms with E-state index in [1.807, 2.05) is 27.7 Å². The zero-order valence-corrected chi connectivity index (χ0v) is 26.8. The SMILES string of the molecule is CCCN(C)C(=O)c1cc(C(=O)O)cc(C(=O)C(C)C)c1.CCCN(C)C(=O)c1cc(C(=O)OC)cc(C(O)C(C)C)c1. The number of aliphatic hydroxyl groups is 1. The molecule has 2 amide bonds. The van der Waals surface area contributed by atoms with Crippen LogP contribution in [0.5, 0.6) is 0 Å². The summed E-state index contributed by atoms with van der Waals surface area (Å²) in [7, 11) is 4.66. The highest BCUT2D eigenvalue weighted by molar-refractivity contribution is 6.04. The number of esters is 1. The quantitative estimate of drug-likeness (QED) is 0.246. The molecule has 10 nitrogen and oxygen atoms in total. The van der Waals surface area contributed by atoms with Gasteiger partial charge in [-0.25, -0.2) is 9.59 Å². The summed E-state index contributed by atoms with van der Waals surface area (Å²) in [5, 5.41) is 19.4. The lowest BCUT2D eigenvalue weighted by Crippen LogP contribution is -2.28. The lowest BCUT2D eigenvalue weighted by molar-refractivity contribution is 0.0598. The van der Waals surface area contributed by atoms with E-state index in [9.17, 15) is 29.1 Å². The molecule has 0 spiro atoms. The number of amides is 2. The van der Waals surface area contributed by atoms with Crippen LogP contribution in [0, 0.1) is 11.8 Å². The molecule has 2 aromatic carbocycles. The fraction of sp³-hybridized carbons (Fsp3) is 0.485. The van der Waals surface area contributed by atoms with Gasteiger partial charge in [0.05, 0.1) is 24.3 Å². The number of methoxy groups -OCH3 is 1. The Balaban J connectivity index is 0.000000430. The third-order valence-corrected chi connectivity index (χ3v) is 6.64. The first-order chi connectivity index (χ1) is 20.1. The van der Waals surface area contributed by atoms with Crippen molar-refractivity contribution >= 4 is 29.5 Å². The highest BCUT2D eigenvalue weighted by Crippen LogP contribution is 2.25. The molecule has 0 heterocycles. The molecule has 0 fully saturated rings. The van der Waals surface area contributed by atoms with E-state index in [0.29, 0.717) is 24.2 Å². The van der Waals surface area contributed by atoms with Crippen molar-refractivity contribution in [2.45, 2.75) is 60.5 Å². The molecule has 0 saturated carbocycles. The number of Topliss-reactive ketones (excluding diaryl/α,β-unsaturated/α-hetero) is 1. The van der Waals surface area contributed by atoms with E-state index < -0.39 is 18.0 Å². The van der Waals surface area contributed by atoms with Gasteiger partial charge in [-0.1, -0.05) is 41.5 Å². The Labute approximate surface area is 254 Å². The first-order valence-corrected chi connectivity index (χ1v) is 14.4. The van der Waals surface area contributed by atoms with Crippen molar-refractivity contribution in [3.63, 3.8) is 0 Å². The molecule has 0 aliphatic carbocycles. The summed E-state index contributed by atoms with van der Waals surface area (Å²) in [5.41, 5.74) is 1.65. The minimum Gasteiger partial charge on any atom is -0.478 e. The number of nitrogens with zero attached hydrogens (tertiary/aromatic N) is 2. The molecular formula is C33H46N2O8. The van der Waals surface area contributed by atoms with Gasteiger partial charge in [0.25, 0.3) is 11.8 Å². The predicted octanol–water partition coefficient (Wildman–Crippen LogP) is 5.35. The summed E-state index contributed by atoms with van der Waals surface area (Å²) >= 11 is 0. The zero-order valence-electron chi connectivity index (χ0n) is 26.8. The third kappa shape index (κ3) is 10.6. The maximum absolute atomic E-state index is 12.4. The van der Waals surface area contributed by atoms with E-state index in [-0.39, 0.29) is 51.7 Å². The minimum atomic E-state index is -1.15. The van der Waals surface area contributed by atoms with E-state index in [1.165, 1.54) is 36.3 Å². The van der Waals surface area contributed by atoms with Gasteiger partial charge in [-0.2, -0.15) is 0 Å². The van der Waals surface area contributed by atoms with Gasteiger partial charge in [-0.05, 0) is 60.7 Å². The number of aliphatic hydroxyl groups excluding tert-OH is 1. The summed E-state index contributed by atoms with van der Waals surface area (Å²) < 4.78 is 4.73. The largest absolute Gasteiger partial charge is 0.478 e. The van der Waals surface area contributed by atoms with Gasteiger partial charge in [0.1, 0.15) is 0 Å². The van der Waals surface area contributed by atoms with Crippen molar-refractivity contribution in [3.8, 4) is 0 Å². The molecule has 2 aromatic rings. The van der Waals surface area contributed by atoms with E-state index in [0.717, 1.165) is 12.8 Å². The van der Waals surface area contributed by atoms with Crippen LogP contribution in [-0.2, 0) is 4.74 Å². The Morgan fingerprint density at radius 2 is 1.14 bits per heavy atom. The molecule has 43 heavy (non-hydrogen) atoms. The second-order valence-corrected chi connectivity index (χ2v) is 11.1. The molecule has 0 aromatic heterocycles. The van der Waals surface area contributed by atoms with Crippen LogP contribution in [0.4, 0.5) is 0 Å². The average molecular weight is 599 g/mol. The second kappa shape index (κ2) is 17.2. The van der Waals surface area contributed by atoms with E-state index in [2.05, 4.69) is 0 Å². The number of carboxylic acid groups (broad SMARTS) is 1. The summed E-state index contributed by atoms with van der Waals surface area (Å²) in [6, 6.07) is 8.84. The molecule has 1 atom stereocenters. The third-order valence-electron chi connectivity index (χ3n) is 6.64. The number of benzene rings is 2. The Morgan fingerprint density at radius 3 is 1.56 bits per heavy atom. The normalized spacial score (nSPS) is 11.3. The molecule has 2 N–H and O–H groups in total. The molecular weight excluding hydrogens is 552 g/mol. The lowest BCUT2D eigenvalue weighted by Gasteiger charge is -2.20. The highest BCUT2D eigenvalue weighted by Gasteiger charge is 2.21. The summed E-state index contributed by atoms with van der Waals surface area (Å²) in [6.45, 7) is 12.4. The van der Waals surface area contributed by atoms with Crippen LogP contribution in [-0.4, -0.2) is 83.8 Å². The van der Waals surface area contributed by atoms with Crippen LogP contribution >= 0.6 is 0 Å². The number of carbonyl (C=O) groups excluding carboxylic acids is 4. The van der Waals surface area contributed by atoms with Gasteiger partial charge in [0, 0.05) is 49.8 Å². The van der Waals surface area contributed by atoms with Crippen molar-refractivity contribution in [1.82, 2.24) is 9.80 Å². The molecule has 0 saturated heterocycles. The van der Waals surface area contributed by atoms with Crippen molar-refractivity contribution in [3.05, 3.63) is 69.8 Å². The van der Waals surface area contributed by atoms with Gasteiger partial charge >= 0.3 is 11.9 Å². The number of ether oxygens (including phenoxy) is 1. The van der Waals surface area contributed by atoms with Gasteiger partial charge in [-0.15, -0.1) is 0 Å². The van der Waals surface area contributed by atoms with Crippen molar-refractivity contribution < 1.29 is 38.9 Å². The lowest BCUT2D eigenvalue weighted by atomic mass is 9.95. The van der Waals surface area contributed by atoms with Crippen LogP contribution in [0.1, 0.15) is 118 Å². The van der Waals surface area contributed by atoms with Gasteiger partial charge in [-0.3, -0.25) is 14.4 Å². The van der Waals surface area contributed by atoms with Gasteiger partial charge < -0.3 is 24.7 Å². The molecule has 2 rings (SSSR count). The summed E-state index contributed by atoms with van der Waals surface area (Å²) in [6.07, 6.45) is 0.909. The first-order valence-electron chi connectivity index (χ1n) is 14.4. The van der Waals surface area contributed by atoms with Crippen LogP contribution in [0.15, 0.2) is 36.4 Å². The smallest absolute Gasteiger partial charge is 0.337 e. The summed E-state index contributed by atoms with van der Waals surface area (Å²) in [4.78, 5) is 62.9. The first kappa shape index (κ1) is 37.0. The maximum Gasteiger partial charge on any atom is 0.337 e. The van der Waals surface area contributed by atoms with Crippen molar-refractivity contribution in [1.29, 1.82) is 0 Å². The topological polar surface area (TPSA) is 142 Å². The number of carboxylic acids is 1. The van der Waals surface area contributed by atoms with Crippen LogP contribution in [0.2, 0.25) is 0 Å². The zero-order chi connectivity index (χ0) is 33.0. The van der Waals surface area contributed by atoms with E-state index in [4.69, 9.17) is 9.84 Å². The monoisotopic (exact) mass is 598 g/mol. The number of hydrogen-bond donors (Lipinski definition) is 2.